The van der Waals surface area contributed by atoms with Crippen molar-refractivity contribution in [3.63, 3.8) is 0 Å². The maximum atomic E-state index is 10.8. The molecule has 0 saturated heterocycles. The normalized spacial score (nSPS) is 11.6. The van der Waals surface area contributed by atoms with E-state index in [-0.39, 0.29) is 5.69 Å². The highest BCUT2D eigenvalue weighted by atomic mass is 32.1. The van der Waals surface area contributed by atoms with Gasteiger partial charge in [-0.3, -0.25) is 14.5 Å². The van der Waals surface area contributed by atoms with Gasteiger partial charge in [0.25, 0.3) is 5.69 Å². The SMILES string of the molecule is O=[N+]([O-])c1ccc2c(c1)nc1sc3ccccc3n12. The van der Waals surface area contributed by atoms with Gasteiger partial charge in [-0.2, -0.15) is 0 Å². The Bertz CT molecular complexity index is 954. The number of nitro groups is 1. The molecule has 0 N–H and O–H groups in total. The molecule has 5 nitrogen and oxygen atoms in total. The number of fused-ring (bicyclic) bond motifs is 5. The van der Waals surface area contributed by atoms with Crippen LogP contribution >= 0.6 is 11.3 Å². The molecule has 0 atom stereocenters. The van der Waals surface area contributed by atoms with E-state index < -0.39 is 4.92 Å². The molecule has 4 aromatic rings. The Morgan fingerprint density at radius 3 is 2.84 bits per heavy atom. The van der Waals surface area contributed by atoms with Gasteiger partial charge in [-0.15, -0.1) is 0 Å². The van der Waals surface area contributed by atoms with Crippen molar-refractivity contribution in [1.29, 1.82) is 0 Å². The predicted octanol–water partition coefficient (Wildman–Crippen LogP) is 3.61. The Balaban J connectivity index is 2.17. The summed E-state index contributed by atoms with van der Waals surface area (Å²) in [5.41, 5.74) is 2.71. The summed E-state index contributed by atoms with van der Waals surface area (Å²) in [6, 6.07) is 12.8. The molecule has 19 heavy (non-hydrogen) atoms. The minimum Gasteiger partial charge on any atom is -0.283 e. The number of non-ortho nitro benzene ring substituents is 1. The first-order chi connectivity index (χ1) is 9.24. The fourth-order valence-electron chi connectivity index (χ4n) is 2.29. The molecule has 0 aliphatic heterocycles. The highest BCUT2D eigenvalue weighted by molar-refractivity contribution is 7.23. The molecule has 0 radical (unpaired) electrons. The lowest BCUT2D eigenvalue weighted by molar-refractivity contribution is -0.384. The molecule has 0 aliphatic carbocycles. The average Bonchev–Trinajstić information content (AvgIpc) is 2.92. The first-order valence-electron chi connectivity index (χ1n) is 5.68. The Labute approximate surface area is 110 Å². The van der Waals surface area contributed by atoms with E-state index in [1.165, 1.54) is 12.1 Å². The van der Waals surface area contributed by atoms with Crippen LogP contribution in [0.2, 0.25) is 0 Å². The van der Waals surface area contributed by atoms with E-state index in [0.29, 0.717) is 5.52 Å². The van der Waals surface area contributed by atoms with Crippen LogP contribution in [0.4, 0.5) is 5.69 Å². The molecule has 0 amide bonds. The summed E-state index contributed by atoms with van der Waals surface area (Å²) in [6.45, 7) is 0. The lowest BCUT2D eigenvalue weighted by Crippen LogP contribution is -1.87. The third-order valence-electron chi connectivity index (χ3n) is 3.13. The average molecular weight is 269 g/mol. The van der Waals surface area contributed by atoms with Gasteiger partial charge in [-0.25, -0.2) is 4.98 Å². The van der Waals surface area contributed by atoms with E-state index >= 15 is 0 Å². The van der Waals surface area contributed by atoms with E-state index in [9.17, 15) is 10.1 Å². The minimum atomic E-state index is -0.398. The molecule has 2 heterocycles. The van der Waals surface area contributed by atoms with Crippen LogP contribution in [-0.2, 0) is 0 Å². The van der Waals surface area contributed by atoms with Crippen LogP contribution in [0.1, 0.15) is 0 Å². The zero-order valence-electron chi connectivity index (χ0n) is 9.61. The Morgan fingerprint density at radius 2 is 2.00 bits per heavy atom. The van der Waals surface area contributed by atoms with Crippen LogP contribution < -0.4 is 0 Å². The van der Waals surface area contributed by atoms with E-state index in [0.717, 1.165) is 20.7 Å². The molecule has 0 saturated carbocycles. The number of nitrogens with zero attached hydrogens (tertiary/aromatic N) is 3. The van der Waals surface area contributed by atoms with Gasteiger partial charge in [0.15, 0.2) is 4.96 Å². The van der Waals surface area contributed by atoms with E-state index in [1.54, 1.807) is 17.4 Å². The van der Waals surface area contributed by atoms with Gasteiger partial charge >= 0.3 is 0 Å². The van der Waals surface area contributed by atoms with E-state index in [2.05, 4.69) is 4.98 Å². The van der Waals surface area contributed by atoms with Crippen molar-refractivity contribution < 1.29 is 4.92 Å². The number of rotatable bonds is 1. The number of nitro benzene ring substituents is 1. The van der Waals surface area contributed by atoms with Crippen molar-refractivity contribution in [2.45, 2.75) is 0 Å². The van der Waals surface area contributed by atoms with Crippen molar-refractivity contribution in [2.75, 3.05) is 0 Å². The largest absolute Gasteiger partial charge is 0.283 e. The van der Waals surface area contributed by atoms with Crippen LogP contribution in [0.3, 0.4) is 0 Å². The summed E-state index contributed by atoms with van der Waals surface area (Å²) < 4.78 is 3.20. The predicted molar refractivity (Wildman–Crippen MR) is 74.7 cm³/mol. The fourth-order valence-corrected chi connectivity index (χ4v) is 3.33. The molecule has 0 fully saturated rings. The molecule has 2 aromatic carbocycles. The van der Waals surface area contributed by atoms with E-state index in [1.807, 2.05) is 28.7 Å². The summed E-state index contributed by atoms with van der Waals surface area (Å²) >= 11 is 1.58. The molecule has 0 spiro atoms. The molecule has 0 aliphatic rings. The zero-order chi connectivity index (χ0) is 13.0. The molecule has 0 bridgehead atoms. The quantitative estimate of drug-likeness (QED) is 0.392. The topological polar surface area (TPSA) is 60.4 Å². The molecule has 2 aromatic heterocycles. The number of thiazole rings is 1. The Morgan fingerprint density at radius 1 is 1.16 bits per heavy atom. The molecular weight excluding hydrogens is 262 g/mol. The standard InChI is InChI=1S/C13H7N3O2S/c17-16(18)8-5-6-10-9(7-8)14-13-15(10)11-3-1-2-4-12(11)19-13/h1-7H. The van der Waals surface area contributed by atoms with Crippen LogP contribution in [0.25, 0.3) is 26.2 Å². The van der Waals surface area contributed by atoms with Crippen LogP contribution in [0, 0.1) is 10.1 Å². The number of aromatic nitrogens is 2. The Kier molecular flexibility index (Phi) is 1.94. The number of para-hydroxylation sites is 1. The highest BCUT2D eigenvalue weighted by Crippen LogP contribution is 2.31. The first kappa shape index (κ1) is 10.5. The number of hydrogen-bond donors (Lipinski definition) is 0. The highest BCUT2D eigenvalue weighted by Gasteiger charge is 2.14. The summed E-state index contributed by atoms with van der Waals surface area (Å²) in [5.74, 6) is 0. The molecule has 6 heteroatoms. The summed E-state index contributed by atoms with van der Waals surface area (Å²) in [6.07, 6.45) is 0. The van der Waals surface area contributed by atoms with Gasteiger partial charge in [-0.1, -0.05) is 23.5 Å². The van der Waals surface area contributed by atoms with Crippen molar-refractivity contribution in [3.05, 3.63) is 52.6 Å². The monoisotopic (exact) mass is 269 g/mol. The van der Waals surface area contributed by atoms with Gasteiger partial charge in [-0.05, 0) is 18.2 Å². The summed E-state index contributed by atoms with van der Waals surface area (Å²) in [7, 11) is 0. The molecule has 92 valence electrons. The number of imidazole rings is 1. The Hall–Kier alpha value is -2.47. The van der Waals surface area contributed by atoms with Crippen molar-refractivity contribution >= 4 is 43.2 Å². The molecule has 0 unspecified atom stereocenters. The first-order valence-corrected chi connectivity index (χ1v) is 6.50. The smallest absolute Gasteiger partial charge is 0.271 e. The second kappa shape index (κ2) is 3.52. The van der Waals surface area contributed by atoms with Crippen molar-refractivity contribution in [1.82, 2.24) is 9.38 Å². The third-order valence-corrected chi connectivity index (χ3v) is 4.15. The van der Waals surface area contributed by atoms with Crippen LogP contribution in [0.15, 0.2) is 42.5 Å². The summed E-state index contributed by atoms with van der Waals surface area (Å²) in [5, 5.41) is 10.8. The molecule has 4 rings (SSSR count). The zero-order valence-corrected chi connectivity index (χ0v) is 10.4. The number of benzene rings is 2. The van der Waals surface area contributed by atoms with Gasteiger partial charge < -0.3 is 0 Å². The molecular formula is C13H7N3O2S. The van der Waals surface area contributed by atoms with Gasteiger partial charge in [0.05, 0.1) is 26.2 Å². The van der Waals surface area contributed by atoms with Gasteiger partial charge in [0, 0.05) is 12.1 Å². The fraction of sp³-hybridized carbons (Fsp3) is 0. The maximum absolute atomic E-state index is 10.8. The minimum absolute atomic E-state index is 0.0718. The van der Waals surface area contributed by atoms with Crippen LogP contribution in [-0.4, -0.2) is 14.3 Å². The van der Waals surface area contributed by atoms with Gasteiger partial charge in [0.1, 0.15) is 0 Å². The van der Waals surface area contributed by atoms with E-state index in [4.69, 9.17) is 0 Å². The maximum Gasteiger partial charge on any atom is 0.271 e. The second-order valence-electron chi connectivity index (χ2n) is 4.23. The number of hydrogen-bond acceptors (Lipinski definition) is 4. The van der Waals surface area contributed by atoms with Crippen LogP contribution in [0.5, 0.6) is 0 Å². The lowest BCUT2D eigenvalue weighted by atomic mass is 10.2. The van der Waals surface area contributed by atoms with Crippen molar-refractivity contribution in [3.8, 4) is 0 Å². The summed E-state index contributed by atoms with van der Waals surface area (Å²) in [4.78, 5) is 15.7. The lowest BCUT2D eigenvalue weighted by Gasteiger charge is -1.94. The second-order valence-corrected chi connectivity index (χ2v) is 5.24. The van der Waals surface area contributed by atoms with Gasteiger partial charge in [0.2, 0.25) is 0 Å². The third kappa shape index (κ3) is 1.37. The van der Waals surface area contributed by atoms with Crippen molar-refractivity contribution in [2.24, 2.45) is 0 Å².